The molecule has 29 heavy (non-hydrogen) atoms. The number of hydrogen-bond acceptors (Lipinski definition) is 6. The summed E-state index contributed by atoms with van der Waals surface area (Å²) < 4.78 is 45.4. The predicted molar refractivity (Wildman–Crippen MR) is 96.5 cm³/mol. The molecule has 0 radical (unpaired) electrons. The van der Waals surface area contributed by atoms with Gasteiger partial charge in [0.05, 0.1) is 6.54 Å². The summed E-state index contributed by atoms with van der Waals surface area (Å²) in [5.41, 5.74) is -0.574. The fraction of sp³-hybridized carbons (Fsp3) is 0.833. The standard InChI is InChI=1S/C18H28F3N5O3/c1-11-9-25(16(28)29-17(2,3)4)6-5-12(11)14(27)24-7-8-26-13(10-24)22-23-15(26)18(19,20)21/h11-12,14,27H,5-10H2,1-4H3/t11-,12+,14?/m0/s1. The normalized spacial score (nSPS) is 24.9. The number of rotatable bonds is 2. The molecule has 1 amide bonds. The van der Waals surface area contributed by atoms with Crippen molar-refractivity contribution < 1.29 is 27.8 Å². The monoisotopic (exact) mass is 419 g/mol. The van der Waals surface area contributed by atoms with Crippen LogP contribution in [0.2, 0.25) is 0 Å². The lowest BCUT2D eigenvalue weighted by atomic mass is 9.85. The van der Waals surface area contributed by atoms with Crippen molar-refractivity contribution in [3.8, 4) is 0 Å². The van der Waals surface area contributed by atoms with E-state index in [9.17, 15) is 23.1 Å². The van der Waals surface area contributed by atoms with Gasteiger partial charge < -0.3 is 19.3 Å². The molecule has 3 heterocycles. The first-order chi connectivity index (χ1) is 13.4. The van der Waals surface area contributed by atoms with Crippen LogP contribution in [0, 0.1) is 11.8 Å². The van der Waals surface area contributed by atoms with Gasteiger partial charge in [-0.05, 0) is 33.1 Å². The van der Waals surface area contributed by atoms with Crippen molar-refractivity contribution in [1.82, 2.24) is 24.6 Å². The summed E-state index contributed by atoms with van der Waals surface area (Å²) >= 11 is 0. The number of carbonyl (C=O) groups is 1. The van der Waals surface area contributed by atoms with Crippen LogP contribution in [0.25, 0.3) is 0 Å². The van der Waals surface area contributed by atoms with Crippen LogP contribution in [0.5, 0.6) is 0 Å². The summed E-state index contributed by atoms with van der Waals surface area (Å²) in [5, 5.41) is 17.8. The van der Waals surface area contributed by atoms with E-state index in [0.717, 1.165) is 4.57 Å². The lowest BCUT2D eigenvalue weighted by Gasteiger charge is -2.43. The van der Waals surface area contributed by atoms with E-state index in [1.165, 1.54) is 0 Å². The molecular formula is C18H28F3N5O3. The second-order valence-corrected chi connectivity index (χ2v) is 8.83. The van der Waals surface area contributed by atoms with Crippen molar-refractivity contribution >= 4 is 6.09 Å². The van der Waals surface area contributed by atoms with Crippen molar-refractivity contribution in [3.63, 3.8) is 0 Å². The number of nitrogens with zero attached hydrogens (tertiary/aromatic N) is 5. The minimum Gasteiger partial charge on any atom is -0.444 e. The molecule has 0 bridgehead atoms. The highest BCUT2D eigenvalue weighted by Crippen LogP contribution is 2.32. The van der Waals surface area contributed by atoms with Gasteiger partial charge in [-0.2, -0.15) is 13.2 Å². The van der Waals surface area contributed by atoms with Crippen molar-refractivity contribution in [2.24, 2.45) is 11.8 Å². The lowest BCUT2D eigenvalue weighted by Crippen LogP contribution is -2.52. The molecule has 11 heteroatoms. The molecule has 0 spiro atoms. The van der Waals surface area contributed by atoms with Crippen LogP contribution in [-0.2, 0) is 24.0 Å². The Balaban J connectivity index is 1.61. The van der Waals surface area contributed by atoms with E-state index >= 15 is 0 Å². The van der Waals surface area contributed by atoms with Crippen molar-refractivity contribution in [1.29, 1.82) is 0 Å². The SMILES string of the molecule is C[C@H]1CN(C(=O)OC(C)(C)C)CC[C@H]1C(O)N1CCn2c(nnc2C(F)(F)F)C1. The molecular weight excluding hydrogens is 391 g/mol. The van der Waals surface area contributed by atoms with E-state index in [-0.39, 0.29) is 43.4 Å². The molecule has 1 aromatic rings. The molecule has 164 valence electrons. The van der Waals surface area contributed by atoms with E-state index in [4.69, 9.17) is 4.74 Å². The van der Waals surface area contributed by atoms with Crippen LogP contribution in [-0.4, -0.2) is 67.2 Å². The fourth-order valence-electron chi connectivity index (χ4n) is 3.98. The van der Waals surface area contributed by atoms with Gasteiger partial charge in [0.2, 0.25) is 5.82 Å². The highest BCUT2D eigenvalue weighted by atomic mass is 19.4. The predicted octanol–water partition coefficient (Wildman–Crippen LogP) is 2.32. The van der Waals surface area contributed by atoms with Crippen LogP contribution < -0.4 is 0 Å². The Hall–Kier alpha value is -1.88. The van der Waals surface area contributed by atoms with Crippen molar-refractivity contribution in [2.75, 3.05) is 19.6 Å². The first-order valence-corrected chi connectivity index (χ1v) is 9.76. The van der Waals surface area contributed by atoms with Gasteiger partial charge in [0.25, 0.3) is 0 Å². The van der Waals surface area contributed by atoms with Crippen LogP contribution >= 0.6 is 0 Å². The Morgan fingerprint density at radius 3 is 2.48 bits per heavy atom. The zero-order valence-corrected chi connectivity index (χ0v) is 17.1. The molecule has 1 N–H and O–H groups in total. The van der Waals surface area contributed by atoms with Crippen molar-refractivity contribution in [2.45, 2.75) is 65.2 Å². The van der Waals surface area contributed by atoms with Crippen molar-refractivity contribution in [3.05, 3.63) is 11.6 Å². The third kappa shape index (κ3) is 4.82. The van der Waals surface area contributed by atoms with Crippen LogP contribution in [0.1, 0.15) is 45.8 Å². The number of alkyl halides is 3. The highest BCUT2D eigenvalue weighted by molar-refractivity contribution is 5.68. The Labute approximate surface area is 167 Å². The maximum Gasteiger partial charge on any atom is 0.451 e. The molecule has 3 atom stereocenters. The second kappa shape index (κ2) is 7.75. The van der Waals surface area contributed by atoms with Crippen LogP contribution in [0.15, 0.2) is 0 Å². The Morgan fingerprint density at radius 2 is 1.90 bits per heavy atom. The fourth-order valence-corrected chi connectivity index (χ4v) is 3.98. The third-order valence-corrected chi connectivity index (χ3v) is 5.42. The number of hydrogen-bond donors (Lipinski definition) is 1. The minimum atomic E-state index is -4.55. The second-order valence-electron chi connectivity index (χ2n) is 8.83. The zero-order valence-electron chi connectivity index (χ0n) is 17.1. The largest absolute Gasteiger partial charge is 0.451 e. The quantitative estimate of drug-likeness (QED) is 0.792. The summed E-state index contributed by atoms with van der Waals surface area (Å²) in [5.74, 6) is -0.899. The molecule has 2 aliphatic heterocycles. The summed E-state index contributed by atoms with van der Waals surface area (Å²) in [6.45, 7) is 8.75. The molecule has 1 unspecified atom stereocenters. The molecule has 0 aliphatic carbocycles. The summed E-state index contributed by atoms with van der Waals surface area (Å²) in [6.07, 6.45) is -5.17. The van der Waals surface area contributed by atoms with Gasteiger partial charge in [-0.25, -0.2) is 4.79 Å². The van der Waals surface area contributed by atoms with Crippen LogP contribution in [0.4, 0.5) is 18.0 Å². The lowest BCUT2D eigenvalue weighted by molar-refractivity contribution is -0.148. The van der Waals surface area contributed by atoms with Gasteiger partial charge in [0.15, 0.2) is 0 Å². The third-order valence-electron chi connectivity index (χ3n) is 5.42. The minimum absolute atomic E-state index is 0.0109. The average Bonchev–Trinajstić information content (AvgIpc) is 3.03. The number of carbonyl (C=O) groups excluding carboxylic acids is 1. The van der Waals surface area contributed by atoms with E-state index in [0.29, 0.717) is 19.5 Å². The number of aliphatic hydroxyl groups excluding tert-OH is 1. The summed E-state index contributed by atoms with van der Waals surface area (Å²) in [7, 11) is 0. The Bertz CT molecular complexity index is 746. The van der Waals surface area contributed by atoms with Gasteiger partial charge >= 0.3 is 12.3 Å². The molecule has 2 aliphatic rings. The smallest absolute Gasteiger partial charge is 0.444 e. The number of halogens is 3. The van der Waals surface area contributed by atoms with Crippen LogP contribution in [0.3, 0.4) is 0 Å². The van der Waals surface area contributed by atoms with E-state index in [1.54, 1.807) is 9.80 Å². The molecule has 0 aromatic carbocycles. The number of amides is 1. The van der Waals surface area contributed by atoms with E-state index < -0.39 is 23.8 Å². The highest BCUT2D eigenvalue weighted by Gasteiger charge is 2.42. The number of aliphatic hydroxyl groups is 1. The molecule has 0 saturated carbocycles. The summed E-state index contributed by atoms with van der Waals surface area (Å²) in [6, 6.07) is 0. The maximum absolute atomic E-state index is 13.0. The molecule has 8 nitrogen and oxygen atoms in total. The summed E-state index contributed by atoms with van der Waals surface area (Å²) in [4.78, 5) is 15.7. The van der Waals surface area contributed by atoms with E-state index in [1.807, 2.05) is 27.7 Å². The number of ether oxygens (including phenoxy) is 1. The number of aromatic nitrogens is 3. The molecule has 1 fully saturated rings. The molecule has 3 rings (SSSR count). The number of likely N-dealkylation sites (tertiary alicyclic amines) is 1. The molecule has 1 saturated heterocycles. The molecule has 1 aromatic heterocycles. The number of fused-ring (bicyclic) bond motifs is 1. The van der Waals surface area contributed by atoms with Gasteiger partial charge in [0.1, 0.15) is 17.7 Å². The van der Waals surface area contributed by atoms with Gasteiger partial charge in [-0.3, -0.25) is 4.90 Å². The van der Waals surface area contributed by atoms with Gasteiger partial charge in [0, 0.05) is 32.1 Å². The Kier molecular flexibility index (Phi) is 5.83. The van der Waals surface area contributed by atoms with E-state index in [2.05, 4.69) is 10.2 Å². The maximum atomic E-state index is 13.0. The average molecular weight is 419 g/mol. The topological polar surface area (TPSA) is 83.7 Å². The van der Waals surface area contributed by atoms with Gasteiger partial charge in [-0.15, -0.1) is 10.2 Å². The Morgan fingerprint density at radius 1 is 1.21 bits per heavy atom. The van der Waals surface area contributed by atoms with Gasteiger partial charge in [-0.1, -0.05) is 6.92 Å². The first kappa shape index (κ1) is 21.8. The zero-order chi connectivity index (χ0) is 21.6. The first-order valence-electron chi connectivity index (χ1n) is 9.76. The number of piperidine rings is 1.